The molecule has 0 unspecified atom stereocenters. The minimum absolute atomic E-state index is 0.126. The predicted molar refractivity (Wildman–Crippen MR) is 72.1 cm³/mol. The van der Waals surface area contributed by atoms with E-state index in [9.17, 15) is 5.26 Å². The first kappa shape index (κ1) is 13.1. The van der Waals surface area contributed by atoms with Gasteiger partial charge in [-0.1, -0.05) is 13.0 Å². The van der Waals surface area contributed by atoms with E-state index in [0.29, 0.717) is 17.0 Å². The van der Waals surface area contributed by atoms with E-state index < -0.39 is 0 Å². The van der Waals surface area contributed by atoms with Crippen LogP contribution in [0.5, 0.6) is 5.75 Å². The largest absolute Gasteiger partial charge is 0.495 e. The molecule has 5 nitrogen and oxygen atoms in total. The Morgan fingerprint density at radius 1 is 1.53 bits per heavy atom. The average Bonchev–Trinajstić information content (AvgIpc) is 2.94. The van der Waals surface area contributed by atoms with Crippen LogP contribution >= 0.6 is 0 Å². The van der Waals surface area contributed by atoms with Gasteiger partial charge < -0.3 is 10.5 Å². The average molecular weight is 256 g/mol. The summed E-state index contributed by atoms with van der Waals surface area (Å²) in [7, 11) is 1.58. The Balaban J connectivity index is 2.66. The summed E-state index contributed by atoms with van der Waals surface area (Å²) in [4.78, 5) is 4.14. The topological polar surface area (TPSA) is 76.9 Å². The number of hydrogen-bond acceptors (Lipinski definition) is 4. The Bertz CT molecular complexity index is 612. The molecule has 5 heteroatoms. The number of imidazole rings is 1. The Morgan fingerprint density at radius 3 is 2.95 bits per heavy atom. The first-order valence-corrected chi connectivity index (χ1v) is 6.08. The standard InChI is InChI=1S/C14H16N4O/c1-3-11(16)12-8-17-9-18(12)14-10(7-15)5-4-6-13(14)19-2/h4-6,8-9,11H,3,16H2,1-2H3/t11-/m1/s1. The van der Waals surface area contributed by atoms with Gasteiger partial charge in [-0.2, -0.15) is 5.26 Å². The van der Waals surface area contributed by atoms with Crippen molar-refractivity contribution in [3.63, 3.8) is 0 Å². The van der Waals surface area contributed by atoms with Gasteiger partial charge in [0.25, 0.3) is 0 Å². The van der Waals surface area contributed by atoms with Gasteiger partial charge in [-0.25, -0.2) is 4.98 Å². The summed E-state index contributed by atoms with van der Waals surface area (Å²) in [6, 6.07) is 7.40. The number of hydrogen-bond donors (Lipinski definition) is 1. The molecule has 98 valence electrons. The van der Waals surface area contributed by atoms with Gasteiger partial charge in [0.15, 0.2) is 0 Å². The fraction of sp³-hybridized carbons (Fsp3) is 0.286. The Kier molecular flexibility index (Phi) is 3.83. The summed E-state index contributed by atoms with van der Waals surface area (Å²) < 4.78 is 7.16. The van der Waals surface area contributed by atoms with Crippen LogP contribution in [-0.4, -0.2) is 16.7 Å². The summed E-state index contributed by atoms with van der Waals surface area (Å²) in [6.07, 6.45) is 4.17. The maximum absolute atomic E-state index is 9.25. The summed E-state index contributed by atoms with van der Waals surface area (Å²) in [5.74, 6) is 0.626. The summed E-state index contributed by atoms with van der Waals surface area (Å²) in [5.41, 5.74) is 8.15. The number of ether oxygens (including phenoxy) is 1. The van der Waals surface area contributed by atoms with E-state index in [0.717, 1.165) is 12.1 Å². The van der Waals surface area contributed by atoms with Crippen LogP contribution in [0, 0.1) is 11.3 Å². The highest BCUT2D eigenvalue weighted by Crippen LogP contribution is 2.29. The summed E-state index contributed by atoms with van der Waals surface area (Å²) in [6.45, 7) is 2.01. The number of rotatable bonds is 4. The molecular formula is C14H16N4O. The van der Waals surface area contributed by atoms with E-state index in [1.807, 2.05) is 17.6 Å². The third-order valence-corrected chi connectivity index (χ3v) is 3.07. The molecule has 0 spiro atoms. The molecule has 1 aromatic carbocycles. The molecule has 19 heavy (non-hydrogen) atoms. The summed E-state index contributed by atoms with van der Waals surface area (Å²) >= 11 is 0. The molecule has 2 N–H and O–H groups in total. The molecule has 2 aromatic rings. The van der Waals surface area contributed by atoms with Gasteiger partial charge in [0, 0.05) is 6.04 Å². The van der Waals surface area contributed by atoms with Gasteiger partial charge in [-0.3, -0.25) is 4.57 Å². The second-order valence-electron chi connectivity index (χ2n) is 4.17. The highest BCUT2D eigenvalue weighted by Gasteiger charge is 2.17. The second-order valence-corrected chi connectivity index (χ2v) is 4.17. The number of benzene rings is 1. The maximum Gasteiger partial charge on any atom is 0.144 e. The van der Waals surface area contributed by atoms with Crippen molar-refractivity contribution in [1.82, 2.24) is 9.55 Å². The van der Waals surface area contributed by atoms with Crippen molar-refractivity contribution in [2.75, 3.05) is 7.11 Å². The zero-order valence-electron chi connectivity index (χ0n) is 11.0. The number of nitrogens with two attached hydrogens (primary N) is 1. The third kappa shape index (κ3) is 2.30. The summed E-state index contributed by atoms with van der Waals surface area (Å²) in [5, 5.41) is 9.25. The van der Waals surface area contributed by atoms with E-state index >= 15 is 0 Å². The van der Waals surface area contributed by atoms with Crippen LogP contribution in [-0.2, 0) is 0 Å². The highest BCUT2D eigenvalue weighted by molar-refractivity contribution is 5.58. The lowest BCUT2D eigenvalue weighted by Gasteiger charge is -2.16. The van der Waals surface area contributed by atoms with Crippen LogP contribution < -0.4 is 10.5 Å². The smallest absolute Gasteiger partial charge is 0.144 e. The molecule has 0 bridgehead atoms. The Hall–Kier alpha value is -2.32. The molecule has 0 saturated heterocycles. The minimum atomic E-state index is -0.126. The molecule has 0 saturated carbocycles. The number of nitrogens with zero attached hydrogens (tertiary/aromatic N) is 3. The molecule has 1 atom stereocenters. The van der Waals surface area contributed by atoms with Crippen LogP contribution in [0.3, 0.4) is 0 Å². The molecule has 1 heterocycles. The molecule has 1 aromatic heterocycles. The fourth-order valence-corrected chi connectivity index (χ4v) is 2.00. The maximum atomic E-state index is 9.25. The van der Waals surface area contributed by atoms with Crippen LogP contribution in [0.4, 0.5) is 0 Å². The van der Waals surface area contributed by atoms with Crippen molar-refractivity contribution in [2.45, 2.75) is 19.4 Å². The molecule has 0 aliphatic carbocycles. The first-order chi connectivity index (χ1) is 9.22. The lowest BCUT2D eigenvalue weighted by atomic mass is 10.1. The van der Waals surface area contributed by atoms with Crippen molar-refractivity contribution in [3.8, 4) is 17.5 Å². The van der Waals surface area contributed by atoms with Crippen molar-refractivity contribution in [2.24, 2.45) is 5.73 Å². The number of methoxy groups -OCH3 is 1. The van der Waals surface area contributed by atoms with E-state index in [4.69, 9.17) is 10.5 Å². The van der Waals surface area contributed by atoms with Crippen LogP contribution in [0.25, 0.3) is 5.69 Å². The lowest BCUT2D eigenvalue weighted by molar-refractivity contribution is 0.412. The molecule has 0 amide bonds. The Morgan fingerprint density at radius 2 is 2.32 bits per heavy atom. The molecule has 0 aliphatic heterocycles. The minimum Gasteiger partial charge on any atom is -0.495 e. The van der Waals surface area contributed by atoms with Crippen molar-refractivity contribution in [1.29, 1.82) is 5.26 Å². The Labute approximate surface area is 112 Å². The third-order valence-electron chi connectivity index (χ3n) is 3.07. The highest BCUT2D eigenvalue weighted by atomic mass is 16.5. The predicted octanol–water partition coefficient (Wildman–Crippen LogP) is 2.16. The lowest BCUT2D eigenvalue weighted by Crippen LogP contribution is -2.14. The number of aromatic nitrogens is 2. The quantitative estimate of drug-likeness (QED) is 0.909. The van der Waals surface area contributed by atoms with Crippen LogP contribution in [0.1, 0.15) is 30.6 Å². The van der Waals surface area contributed by atoms with Gasteiger partial charge in [-0.15, -0.1) is 0 Å². The molecule has 0 fully saturated rings. The SMILES string of the molecule is CC[C@@H](N)c1cncn1-c1c(C#N)cccc1OC. The molecule has 0 radical (unpaired) electrons. The van der Waals surface area contributed by atoms with Gasteiger partial charge >= 0.3 is 0 Å². The number of nitriles is 1. The second kappa shape index (κ2) is 5.55. The van der Waals surface area contributed by atoms with Crippen LogP contribution in [0.15, 0.2) is 30.7 Å². The normalized spacial score (nSPS) is 11.9. The van der Waals surface area contributed by atoms with Gasteiger partial charge in [-0.05, 0) is 18.6 Å². The zero-order valence-corrected chi connectivity index (χ0v) is 11.0. The van der Waals surface area contributed by atoms with Crippen molar-refractivity contribution < 1.29 is 4.74 Å². The zero-order chi connectivity index (χ0) is 13.8. The van der Waals surface area contributed by atoms with E-state index in [-0.39, 0.29) is 6.04 Å². The molecular weight excluding hydrogens is 240 g/mol. The van der Waals surface area contributed by atoms with E-state index in [2.05, 4.69) is 11.1 Å². The van der Waals surface area contributed by atoms with Gasteiger partial charge in [0.1, 0.15) is 17.5 Å². The fourth-order valence-electron chi connectivity index (χ4n) is 2.00. The first-order valence-electron chi connectivity index (χ1n) is 6.08. The van der Waals surface area contributed by atoms with Crippen molar-refractivity contribution >= 4 is 0 Å². The molecule has 0 aliphatic rings. The number of para-hydroxylation sites is 1. The van der Waals surface area contributed by atoms with Gasteiger partial charge in [0.2, 0.25) is 0 Å². The van der Waals surface area contributed by atoms with E-state index in [1.54, 1.807) is 31.8 Å². The molecule has 2 rings (SSSR count). The van der Waals surface area contributed by atoms with Crippen molar-refractivity contribution in [3.05, 3.63) is 42.0 Å². The van der Waals surface area contributed by atoms with Crippen LogP contribution in [0.2, 0.25) is 0 Å². The monoisotopic (exact) mass is 256 g/mol. The van der Waals surface area contributed by atoms with Gasteiger partial charge in [0.05, 0.1) is 30.9 Å². The van der Waals surface area contributed by atoms with E-state index in [1.165, 1.54) is 0 Å².